The standard InChI is InChI=1S/C6H10NO.Y/c8-5-6-1-3-7-4-2-6;/h5-6H,1-4H2;/q-1;. The van der Waals surface area contributed by atoms with Gasteiger partial charge < -0.3 is 10.1 Å². The predicted molar refractivity (Wildman–Crippen MR) is 31.9 cm³/mol. The van der Waals surface area contributed by atoms with Gasteiger partial charge in [-0.3, -0.25) is 0 Å². The zero-order valence-corrected chi connectivity index (χ0v) is 8.25. The van der Waals surface area contributed by atoms with Gasteiger partial charge in [0.1, 0.15) is 6.29 Å². The molecule has 1 aliphatic rings. The average molecular weight is 201 g/mol. The van der Waals surface area contributed by atoms with Crippen molar-refractivity contribution in [1.82, 2.24) is 0 Å². The Labute approximate surface area is 80.7 Å². The van der Waals surface area contributed by atoms with Gasteiger partial charge in [-0.25, -0.2) is 0 Å². The summed E-state index contributed by atoms with van der Waals surface area (Å²) in [4.78, 5) is 10.1. The largest absolute Gasteiger partial charge is 0.662 e. The number of hydrogen-bond donors (Lipinski definition) is 0. The number of carbonyl (C=O) groups excluding carboxylic acids is 1. The van der Waals surface area contributed by atoms with E-state index in [0.29, 0.717) is 5.92 Å². The number of piperidine rings is 1. The van der Waals surface area contributed by atoms with E-state index >= 15 is 0 Å². The van der Waals surface area contributed by atoms with Gasteiger partial charge in [-0.1, -0.05) is 12.8 Å². The zero-order valence-electron chi connectivity index (χ0n) is 5.42. The van der Waals surface area contributed by atoms with Crippen LogP contribution >= 0.6 is 0 Å². The summed E-state index contributed by atoms with van der Waals surface area (Å²) in [5.74, 6) is 0.312. The van der Waals surface area contributed by atoms with Gasteiger partial charge in [-0.05, 0) is 0 Å². The molecular weight excluding hydrogens is 191 g/mol. The molecule has 1 fully saturated rings. The minimum Gasteiger partial charge on any atom is -0.662 e. The molecule has 0 aliphatic carbocycles. The summed E-state index contributed by atoms with van der Waals surface area (Å²) < 4.78 is 0. The second-order valence-electron chi connectivity index (χ2n) is 2.14. The van der Waals surface area contributed by atoms with Crippen LogP contribution in [0.2, 0.25) is 0 Å². The second-order valence-corrected chi connectivity index (χ2v) is 2.14. The van der Waals surface area contributed by atoms with E-state index in [0.717, 1.165) is 32.2 Å². The van der Waals surface area contributed by atoms with Crippen LogP contribution in [-0.4, -0.2) is 19.4 Å². The molecule has 0 atom stereocenters. The van der Waals surface area contributed by atoms with Crippen molar-refractivity contribution in [1.29, 1.82) is 0 Å². The first kappa shape index (κ1) is 9.73. The van der Waals surface area contributed by atoms with Gasteiger partial charge in [0.15, 0.2) is 0 Å². The fourth-order valence-electron chi connectivity index (χ4n) is 0.906. The fraction of sp³-hybridized carbons (Fsp3) is 0.833. The van der Waals surface area contributed by atoms with Gasteiger partial charge in [-0.2, -0.15) is 0 Å². The van der Waals surface area contributed by atoms with Crippen LogP contribution in [0.4, 0.5) is 0 Å². The molecule has 9 heavy (non-hydrogen) atoms. The van der Waals surface area contributed by atoms with Crippen LogP contribution in [0.15, 0.2) is 0 Å². The monoisotopic (exact) mass is 201 g/mol. The third-order valence-corrected chi connectivity index (χ3v) is 1.51. The Balaban J connectivity index is 0.000000640. The summed E-state index contributed by atoms with van der Waals surface area (Å²) >= 11 is 0. The second kappa shape index (κ2) is 5.51. The normalized spacial score (nSPS) is 20.4. The average Bonchev–Trinajstić information content (AvgIpc) is 1.90. The van der Waals surface area contributed by atoms with Gasteiger partial charge in [0.25, 0.3) is 0 Å². The number of rotatable bonds is 1. The molecule has 0 bridgehead atoms. The molecule has 0 aromatic heterocycles. The van der Waals surface area contributed by atoms with Gasteiger partial charge in [-0.15, -0.1) is 13.1 Å². The van der Waals surface area contributed by atoms with Gasteiger partial charge in [0.05, 0.1) is 0 Å². The number of hydrogen-bond acceptors (Lipinski definition) is 1. The zero-order chi connectivity index (χ0) is 5.82. The number of aldehydes is 1. The van der Waals surface area contributed by atoms with Crippen LogP contribution in [0.1, 0.15) is 12.8 Å². The van der Waals surface area contributed by atoms with E-state index < -0.39 is 0 Å². The summed E-state index contributed by atoms with van der Waals surface area (Å²) in [6, 6.07) is 0. The summed E-state index contributed by atoms with van der Waals surface area (Å²) in [7, 11) is 0. The molecule has 1 rings (SSSR count). The molecule has 1 saturated heterocycles. The molecule has 49 valence electrons. The summed E-state index contributed by atoms with van der Waals surface area (Å²) in [5, 5.41) is 4.12. The van der Waals surface area contributed by atoms with Gasteiger partial charge in [0.2, 0.25) is 0 Å². The van der Waals surface area contributed by atoms with Crippen molar-refractivity contribution in [2.75, 3.05) is 13.1 Å². The summed E-state index contributed by atoms with van der Waals surface area (Å²) in [6.07, 6.45) is 3.00. The molecular formula is C6H10NOY-. The van der Waals surface area contributed by atoms with Crippen LogP contribution in [0, 0.1) is 5.92 Å². The molecule has 0 spiro atoms. The van der Waals surface area contributed by atoms with E-state index in [2.05, 4.69) is 5.32 Å². The van der Waals surface area contributed by atoms with Crippen molar-refractivity contribution in [3.8, 4) is 0 Å². The van der Waals surface area contributed by atoms with Gasteiger partial charge >= 0.3 is 0 Å². The summed E-state index contributed by atoms with van der Waals surface area (Å²) in [6.45, 7) is 1.78. The fourth-order valence-corrected chi connectivity index (χ4v) is 0.906. The Bertz CT molecular complexity index is 81.1. The van der Waals surface area contributed by atoms with Crippen molar-refractivity contribution in [3.05, 3.63) is 5.32 Å². The number of carbonyl (C=O) groups is 1. The third-order valence-electron chi connectivity index (χ3n) is 1.51. The van der Waals surface area contributed by atoms with E-state index in [1.54, 1.807) is 0 Å². The Morgan fingerprint density at radius 2 is 1.89 bits per heavy atom. The predicted octanol–water partition coefficient (Wildman–Crippen LogP) is 0.967. The molecule has 2 nitrogen and oxygen atoms in total. The SMILES string of the molecule is O=CC1CC[N-]CC1.[Y]. The van der Waals surface area contributed by atoms with Crippen LogP contribution in [0.3, 0.4) is 0 Å². The smallest absolute Gasteiger partial charge is 0.122 e. The Morgan fingerprint density at radius 1 is 1.33 bits per heavy atom. The minimum absolute atomic E-state index is 0. The van der Waals surface area contributed by atoms with E-state index in [1.807, 2.05) is 0 Å². The maximum Gasteiger partial charge on any atom is 0.122 e. The molecule has 1 aliphatic heterocycles. The number of nitrogens with zero attached hydrogens (tertiary/aromatic N) is 1. The van der Waals surface area contributed by atoms with Crippen molar-refractivity contribution in [3.63, 3.8) is 0 Å². The van der Waals surface area contributed by atoms with E-state index in [-0.39, 0.29) is 32.7 Å². The third kappa shape index (κ3) is 3.44. The molecule has 0 saturated carbocycles. The first-order chi connectivity index (χ1) is 3.93. The van der Waals surface area contributed by atoms with Crippen molar-refractivity contribution in [2.45, 2.75) is 12.8 Å². The minimum atomic E-state index is 0. The molecule has 0 aromatic carbocycles. The first-order valence-electron chi connectivity index (χ1n) is 3.02. The maximum atomic E-state index is 10.1. The van der Waals surface area contributed by atoms with Crippen LogP contribution in [0.5, 0.6) is 0 Å². The molecule has 0 amide bonds. The van der Waals surface area contributed by atoms with Crippen molar-refractivity contribution < 1.29 is 37.5 Å². The maximum absolute atomic E-state index is 10.1. The van der Waals surface area contributed by atoms with Crippen molar-refractivity contribution >= 4 is 6.29 Å². The van der Waals surface area contributed by atoms with Crippen molar-refractivity contribution in [2.24, 2.45) is 5.92 Å². The van der Waals surface area contributed by atoms with E-state index in [1.165, 1.54) is 0 Å². The molecule has 0 N–H and O–H groups in total. The molecule has 0 aromatic rings. The Hall–Kier alpha value is 0.734. The topological polar surface area (TPSA) is 31.2 Å². The first-order valence-corrected chi connectivity index (χ1v) is 3.02. The quantitative estimate of drug-likeness (QED) is 0.581. The van der Waals surface area contributed by atoms with Crippen LogP contribution in [-0.2, 0) is 37.5 Å². The molecule has 1 radical (unpaired) electrons. The van der Waals surface area contributed by atoms with Gasteiger partial charge in [0, 0.05) is 38.6 Å². The Kier molecular flexibility index (Phi) is 5.96. The van der Waals surface area contributed by atoms with E-state index in [4.69, 9.17) is 0 Å². The molecule has 3 heteroatoms. The van der Waals surface area contributed by atoms with Crippen LogP contribution in [0.25, 0.3) is 5.32 Å². The van der Waals surface area contributed by atoms with E-state index in [9.17, 15) is 4.79 Å². The van der Waals surface area contributed by atoms with Crippen LogP contribution < -0.4 is 0 Å². The molecule has 1 heterocycles. The summed E-state index contributed by atoms with van der Waals surface area (Å²) in [5.41, 5.74) is 0. The Morgan fingerprint density at radius 3 is 2.22 bits per heavy atom. The molecule has 0 unspecified atom stereocenters.